The van der Waals surface area contributed by atoms with Crippen molar-refractivity contribution in [2.75, 3.05) is 0 Å². The third-order valence-corrected chi connectivity index (χ3v) is 3.07. The fourth-order valence-corrected chi connectivity index (χ4v) is 2.21. The molecule has 0 aromatic carbocycles. The molecule has 2 rings (SSSR count). The van der Waals surface area contributed by atoms with Crippen LogP contribution in [0.3, 0.4) is 0 Å². The summed E-state index contributed by atoms with van der Waals surface area (Å²) in [5.41, 5.74) is -0.292. The van der Waals surface area contributed by atoms with Crippen LogP contribution in [0.2, 0.25) is 0 Å². The first-order valence-corrected chi connectivity index (χ1v) is 5.11. The van der Waals surface area contributed by atoms with Gasteiger partial charge < -0.3 is 14.8 Å². The van der Waals surface area contributed by atoms with Crippen LogP contribution >= 0.6 is 0 Å². The third-order valence-electron chi connectivity index (χ3n) is 3.07. The zero-order chi connectivity index (χ0) is 11.1. The monoisotopic (exact) mass is 209 g/mol. The Balaban J connectivity index is 2.14. The van der Waals surface area contributed by atoms with Crippen molar-refractivity contribution in [3.05, 3.63) is 24.0 Å². The quantitative estimate of drug-likeness (QED) is 0.778. The minimum Gasteiger partial charge on any atom is -0.478 e. The Kier molecular flexibility index (Phi) is 2.31. The summed E-state index contributed by atoms with van der Waals surface area (Å²) in [6, 6.07) is 1.82. The molecule has 1 saturated carbocycles. The van der Waals surface area contributed by atoms with Gasteiger partial charge in [0, 0.05) is 18.4 Å². The second kappa shape index (κ2) is 3.38. The summed E-state index contributed by atoms with van der Waals surface area (Å²) in [5, 5.41) is 18.6. The van der Waals surface area contributed by atoms with Gasteiger partial charge in [-0.05, 0) is 32.3 Å². The normalized spacial score (nSPS) is 30.7. The molecule has 1 aromatic heterocycles. The zero-order valence-electron chi connectivity index (χ0n) is 8.68. The van der Waals surface area contributed by atoms with Crippen LogP contribution in [0.4, 0.5) is 0 Å². The van der Waals surface area contributed by atoms with E-state index in [-0.39, 0.29) is 6.04 Å². The minimum absolute atomic E-state index is 0.230. The molecule has 1 fully saturated rings. The van der Waals surface area contributed by atoms with Crippen molar-refractivity contribution in [3.8, 4) is 0 Å². The second-order valence-electron chi connectivity index (χ2n) is 4.55. The highest BCUT2D eigenvalue weighted by Gasteiger charge is 2.33. The van der Waals surface area contributed by atoms with Crippen LogP contribution in [0.25, 0.3) is 0 Å². The van der Waals surface area contributed by atoms with Crippen molar-refractivity contribution in [2.45, 2.75) is 37.8 Å². The Morgan fingerprint density at radius 2 is 2.40 bits per heavy atom. The third kappa shape index (κ3) is 2.04. The number of carboxylic acids is 1. The van der Waals surface area contributed by atoms with Crippen LogP contribution in [-0.2, 0) is 0 Å². The molecule has 4 nitrogen and oxygen atoms in total. The van der Waals surface area contributed by atoms with Crippen LogP contribution in [0.1, 0.15) is 42.6 Å². The van der Waals surface area contributed by atoms with Gasteiger partial charge in [0.25, 0.3) is 0 Å². The molecule has 82 valence electrons. The zero-order valence-corrected chi connectivity index (χ0v) is 8.68. The summed E-state index contributed by atoms with van der Waals surface area (Å²) in [7, 11) is 0. The van der Waals surface area contributed by atoms with Gasteiger partial charge in [-0.2, -0.15) is 0 Å². The molecule has 2 N–H and O–H groups in total. The molecular weight excluding hydrogens is 194 g/mol. The van der Waals surface area contributed by atoms with Gasteiger partial charge in [0.2, 0.25) is 0 Å². The standard InChI is InChI=1S/C11H15NO3/c1-11(15)4-2-9(6-11)12-5-3-8(7-12)10(13)14/h3,5,7,9,15H,2,4,6H2,1H3,(H,13,14). The number of hydrogen-bond acceptors (Lipinski definition) is 2. The number of carbonyl (C=O) groups is 1. The van der Waals surface area contributed by atoms with E-state index in [2.05, 4.69) is 0 Å². The minimum atomic E-state index is -0.904. The lowest BCUT2D eigenvalue weighted by Gasteiger charge is -2.16. The van der Waals surface area contributed by atoms with Crippen molar-refractivity contribution >= 4 is 5.97 Å². The Labute approximate surface area is 88.1 Å². The largest absolute Gasteiger partial charge is 0.478 e. The highest BCUT2D eigenvalue weighted by molar-refractivity contribution is 5.87. The highest BCUT2D eigenvalue weighted by Crippen LogP contribution is 2.37. The fraction of sp³-hybridized carbons (Fsp3) is 0.545. The maximum atomic E-state index is 10.7. The van der Waals surface area contributed by atoms with E-state index < -0.39 is 11.6 Å². The lowest BCUT2D eigenvalue weighted by molar-refractivity contribution is 0.0641. The molecule has 0 spiro atoms. The Hall–Kier alpha value is -1.29. The van der Waals surface area contributed by atoms with Crippen LogP contribution in [0, 0.1) is 0 Å². The number of aromatic nitrogens is 1. The molecule has 0 saturated heterocycles. The average molecular weight is 209 g/mol. The molecule has 1 aliphatic rings. The van der Waals surface area contributed by atoms with E-state index in [1.807, 2.05) is 11.5 Å². The predicted molar refractivity (Wildman–Crippen MR) is 54.9 cm³/mol. The van der Waals surface area contributed by atoms with Crippen molar-refractivity contribution in [2.24, 2.45) is 0 Å². The molecule has 1 aromatic rings. The second-order valence-corrected chi connectivity index (χ2v) is 4.55. The van der Waals surface area contributed by atoms with Gasteiger partial charge >= 0.3 is 5.97 Å². The van der Waals surface area contributed by atoms with E-state index in [9.17, 15) is 9.90 Å². The van der Waals surface area contributed by atoms with Gasteiger partial charge in [0.1, 0.15) is 0 Å². The summed E-state index contributed by atoms with van der Waals surface area (Å²) in [5.74, 6) is -0.904. The number of nitrogens with zero attached hydrogens (tertiary/aromatic N) is 1. The van der Waals surface area contributed by atoms with Gasteiger partial charge in [-0.25, -0.2) is 4.79 Å². The topological polar surface area (TPSA) is 62.5 Å². The van der Waals surface area contributed by atoms with Crippen molar-refractivity contribution in [3.63, 3.8) is 0 Å². The van der Waals surface area contributed by atoms with Crippen molar-refractivity contribution < 1.29 is 15.0 Å². The van der Waals surface area contributed by atoms with Crippen LogP contribution in [0.5, 0.6) is 0 Å². The number of aliphatic hydroxyl groups is 1. The summed E-state index contributed by atoms with van der Waals surface area (Å²) >= 11 is 0. The van der Waals surface area contributed by atoms with Gasteiger partial charge in [-0.1, -0.05) is 0 Å². The Bertz CT molecular complexity index is 381. The molecule has 15 heavy (non-hydrogen) atoms. The van der Waals surface area contributed by atoms with Crippen LogP contribution in [-0.4, -0.2) is 26.4 Å². The van der Waals surface area contributed by atoms with Crippen molar-refractivity contribution in [1.29, 1.82) is 0 Å². The van der Waals surface area contributed by atoms with E-state index >= 15 is 0 Å². The number of carboxylic acid groups (broad SMARTS) is 1. The summed E-state index contributed by atoms with van der Waals surface area (Å²) in [4.78, 5) is 10.7. The first-order chi connectivity index (χ1) is 6.98. The number of hydrogen-bond donors (Lipinski definition) is 2. The maximum absolute atomic E-state index is 10.7. The molecule has 0 radical (unpaired) electrons. The lowest BCUT2D eigenvalue weighted by atomic mass is 10.1. The van der Waals surface area contributed by atoms with Gasteiger partial charge in [-0.3, -0.25) is 0 Å². The smallest absolute Gasteiger partial charge is 0.337 e. The van der Waals surface area contributed by atoms with Crippen molar-refractivity contribution in [1.82, 2.24) is 4.57 Å². The highest BCUT2D eigenvalue weighted by atomic mass is 16.4. The fourth-order valence-electron chi connectivity index (χ4n) is 2.21. The Morgan fingerprint density at radius 3 is 2.87 bits per heavy atom. The number of rotatable bonds is 2. The van der Waals surface area contributed by atoms with Crippen LogP contribution < -0.4 is 0 Å². The lowest BCUT2D eigenvalue weighted by Crippen LogP contribution is -2.19. The van der Waals surface area contributed by atoms with E-state index in [4.69, 9.17) is 5.11 Å². The first-order valence-electron chi connectivity index (χ1n) is 5.11. The predicted octanol–water partition coefficient (Wildman–Crippen LogP) is 1.66. The van der Waals surface area contributed by atoms with Gasteiger partial charge in [-0.15, -0.1) is 0 Å². The molecule has 0 aliphatic heterocycles. The van der Waals surface area contributed by atoms with Crippen LogP contribution in [0.15, 0.2) is 18.5 Å². The van der Waals surface area contributed by atoms with E-state index in [1.54, 1.807) is 18.5 Å². The summed E-state index contributed by atoms with van der Waals surface area (Å²) in [6.45, 7) is 1.83. The summed E-state index contributed by atoms with van der Waals surface area (Å²) < 4.78 is 1.89. The molecule has 2 unspecified atom stereocenters. The first kappa shape index (κ1) is 10.2. The molecular formula is C11H15NO3. The molecule has 4 heteroatoms. The molecule has 1 heterocycles. The van der Waals surface area contributed by atoms with E-state index in [0.717, 1.165) is 12.8 Å². The average Bonchev–Trinajstić information content (AvgIpc) is 2.70. The van der Waals surface area contributed by atoms with E-state index in [1.165, 1.54) is 0 Å². The molecule has 0 amide bonds. The molecule has 1 aliphatic carbocycles. The maximum Gasteiger partial charge on any atom is 0.337 e. The molecule has 2 atom stereocenters. The van der Waals surface area contributed by atoms with Gasteiger partial charge in [0.15, 0.2) is 0 Å². The Morgan fingerprint density at radius 1 is 1.67 bits per heavy atom. The van der Waals surface area contributed by atoms with E-state index in [0.29, 0.717) is 12.0 Å². The molecule has 0 bridgehead atoms. The summed E-state index contributed by atoms with van der Waals surface area (Å²) in [6.07, 6.45) is 5.78. The number of aromatic carboxylic acids is 1. The SMILES string of the molecule is CC1(O)CCC(n2ccc(C(=O)O)c2)C1. The van der Waals surface area contributed by atoms with Gasteiger partial charge in [0.05, 0.1) is 11.2 Å².